The first kappa shape index (κ1) is 27.9. The number of fused-ring (bicyclic) bond motifs is 1. The summed E-state index contributed by atoms with van der Waals surface area (Å²) >= 11 is 1.87. The van der Waals surface area contributed by atoms with E-state index in [0.29, 0.717) is 58.0 Å². The number of hydrogen-bond acceptors (Lipinski definition) is 8. The molecule has 2 rings (SSSR count). The summed E-state index contributed by atoms with van der Waals surface area (Å²) in [7, 11) is 0. The first-order chi connectivity index (χ1) is 15.1. The molecule has 0 aromatic rings. The van der Waals surface area contributed by atoms with E-state index in [1.807, 2.05) is 11.8 Å². The molecule has 0 aliphatic carbocycles. The highest BCUT2D eigenvalue weighted by molar-refractivity contribution is 8.00. The number of carboxylic acid groups (broad SMARTS) is 1. The highest BCUT2D eigenvalue weighted by Gasteiger charge is 2.42. The van der Waals surface area contributed by atoms with E-state index in [9.17, 15) is 9.59 Å². The molecule has 0 saturated carbocycles. The van der Waals surface area contributed by atoms with Crippen molar-refractivity contribution in [3.05, 3.63) is 0 Å². The number of nitrogens with one attached hydrogen (secondary N) is 2. The number of urea groups is 1. The maximum Gasteiger partial charge on any atom is 0.315 e. The number of carbonyl (C=O) groups is 2. The Labute approximate surface area is 189 Å². The standard InChI is InChI=1S/C10H16N2O3S.C10H24N2O3/c13-8(14)4-2-1-3-7-9-6(5-16-7)11-10(15)12-9;11-3-1-5-13-7-9-15-10-8-14-6-2-4-12/h6-7,9H,1-5H2,(H,13,14)(H2,11,12,15);1-12H2/t6-,7-,9-;/m0./s1. The second-order valence-corrected chi connectivity index (χ2v) is 8.66. The highest BCUT2D eigenvalue weighted by atomic mass is 32.2. The molecule has 10 nitrogen and oxygen atoms in total. The minimum absolute atomic E-state index is 0.0640. The van der Waals surface area contributed by atoms with Crippen LogP contribution in [-0.2, 0) is 19.0 Å². The largest absolute Gasteiger partial charge is 0.481 e. The van der Waals surface area contributed by atoms with Gasteiger partial charge in [-0.3, -0.25) is 4.79 Å². The monoisotopic (exact) mass is 464 g/mol. The normalized spacial score (nSPS) is 21.7. The number of unbranched alkanes of at least 4 members (excludes halogenated alkanes) is 1. The van der Waals surface area contributed by atoms with Crippen molar-refractivity contribution < 1.29 is 28.9 Å². The van der Waals surface area contributed by atoms with Gasteiger partial charge in [-0.05, 0) is 38.8 Å². The Bertz CT molecular complexity index is 477. The smallest absolute Gasteiger partial charge is 0.315 e. The van der Waals surface area contributed by atoms with Gasteiger partial charge >= 0.3 is 12.0 Å². The van der Waals surface area contributed by atoms with E-state index in [1.165, 1.54) is 0 Å². The van der Waals surface area contributed by atoms with Gasteiger partial charge in [0, 0.05) is 30.6 Å². The van der Waals surface area contributed by atoms with E-state index < -0.39 is 5.97 Å². The molecule has 2 aliphatic heterocycles. The summed E-state index contributed by atoms with van der Waals surface area (Å²) in [6.45, 7) is 5.27. The van der Waals surface area contributed by atoms with Crippen LogP contribution in [0.15, 0.2) is 0 Å². The Balaban J connectivity index is 0.000000311. The molecule has 0 radical (unpaired) electrons. The topological polar surface area (TPSA) is 158 Å². The molecule has 2 saturated heterocycles. The number of ether oxygens (including phenoxy) is 3. The lowest BCUT2D eigenvalue weighted by molar-refractivity contribution is -0.137. The van der Waals surface area contributed by atoms with Crippen LogP contribution in [0.5, 0.6) is 0 Å². The van der Waals surface area contributed by atoms with E-state index in [0.717, 1.165) is 37.9 Å². The minimum Gasteiger partial charge on any atom is -0.481 e. The van der Waals surface area contributed by atoms with Crippen molar-refractivity contribution in [2.75, 3.05) is 58.5 Å². The molecule has 2 fully saturated rings. The molecular weight excluding hydrogens is 424 g/mol. The zero-order chi connectivity index (χ0) is 22.7. The first-order valence-electron chi connectivity index (χ1n) is 11.1. The number of carboxylic acids is 1. The van der Waals surface area contributed by atoms with Crippen molar-refractivity contribution in [3.63, 3.8) is 0 Å². The van der Waals surface area contributed by atoms with Crippen molar-refractivity contribution in [2.45, 2.75) is 55.9 Å². The Morgan fingerprint density at radius 1 is 0.935 bits per heavy atom. The van der Waals surface area contributed by atoms with Gasteiger partial charge in [0.1, 0.15) is 0 Å². The van der Waals surface area contributed by atoms with Gasteiger partial charge < -0.3 is 41.4 Å². The lowest BCUT2D eigenvalue weighted by Crippen LogP contribution is -2.36. The van der Waals surface area contributed by atoms with Crippen LogP contribution in [0.4, 0.5) is 4.79 Å². The summed E-state index contributed by atoms with van der Waals surface area (Å²) in [6, 6.07) is 0.440. The van der Waals surface area contributed by atoms with Crippen LogP contribution in [0.1, 0.15) is 38.5 Å². The van der Waals surface area contributed by atoms with Crippen molar-refractivity contribution in [1.82, 2.24) is 10.6 Å². The highest BCUT2D eigenvalue weighted by Crippen LogP contribution is 2.33. The van der Waals surface area contributed by atoms with Gasteiger partial charge in [0.15, 0.2) is 0 Å². The van der Waals surface area contributed by atoms with E-state index in [4.69, 9.17) is 30.8 Å². The minimum atomic E-state index is -0.729. The number of nitrogens with two attached hydrogens (primary N) is 2. The summed E-state index contributed by atoms with van der Waals surface area (Å²) in [6.07, 6.45) is 4.69. The number of rotatable bonds is 17. The molecule has 182 valence electrons. The van der Waals surface area contributed by atoms with Crippen LogP contribution in [0.3, 0.4) is 0 Å². The summed E-state index contributed by atoms with van der Waals surface area (Å²) in [5, 5.41) is 14.8. The Hall–Kier alpha value is -1.11. The van der Waals surface area contributed by atoms with E-state index in [1.54, 1.807) is 0 Å². The molecule has 31 heavy (non-hydrogen) atoms. The van der Waals surface area contributed by atoms with Gasteiger partial charge in [-0.15, -0.1) is 0 Å². The molecule has 2 heterocycles. The van der Waals surface area contributed by atoms with Gasteiger partial charge in [0.25, 0.3) is 0 Å². The van der Waals surface area contributed by atoms with Crippen molar-refractivity contribution in [1.29, 1.82) is 0 Å². The summed E-state index contributed by atoms with van der Waals surface area (Å²) in [5.74, 6) is 0.236. The van der Waals surface area contributed by atoms with Crippen molar-refractivity contribution >= 4 is 23.8 Å². The molecule has 0 aromatic heterocycles. The Kier molecular flexibility index (Phi) is 16.6. The third-order valence-corrected chi connectivity index (χ3v) is 6.31. The Morgan fingerprint density at radius 3 is 2.06 bits per heavy atom. The molecule has 7 N–H and O–H groups in total. The molecule has 0 bridgehead atoms. The Morgan fingerprint density at radius 2 is 1.52 bits per heavy atom. The zero-order valence-corrected chi connectivity index (χ0v) is 19.2. The van der Waals surface area contributed by atoms with Crippen LogP contribution in [-0.4, -0.2) is 92.9 Å². The van der Waals surface area contributed by atoms with Gasteiger partial charge in [0.05, 0.1) is 38.5 Å². The number of hydrogen-bond donors (Lipinski definition) is 5. The van der Waals surface area contributed by atoms with E-state index in [2.05, 4.69) is 10.6 Å². The predicted molar refractivity (Wildman–Crippen MR) is 121 cm³/mol. The predicted octanol–water partition coefficient (Wildman–Crippen LogP) is 0.531. The van der Waals surface area contributed by atoms with Crippen LogP contribution in [0, 0.1) is 0 Å². The summed E-state index contributed by atoms with van der Waals surface area (Å²) in [5.41, 5.74) is 10.6. The molecule has 0 unspecified atom stereocenters. The number of carbonyl (C=O) groups excluding carboxylic acids is 1. The molecule has 0 aromatic carbocycles. The van der Waals surface area contributed by atoms with Crippen LogP contribution in [0.25, 0.3) is 0 Å². The van der Waals surface area contributed by atoms with E-state index >= 15 is 0 Å². The quantitative estimate of drug-likeness (QED) is 0.153. The summed E-state index contributed by atoms with van der Waals surface area (Å²) in [4.78, 5) is 21.5. The summed E-state index contributed by atoms with van der Waals surface area (Å²) < 4.78 is 15.8. The van der Waals surface area contributed by atoms with Crippen LogP contribution < -0.4 is 22.1 Å². The zero-order valence-electron chi connectivity index (χ0n) is 18.4. The van der Waals surface area contributed by atoms with E-state index in [-0.39, 0.29) is 24.5 Å². The lowest BCUT2D eigenvalue weighted by atomic mass is 10.0. The number of amides is 2. The maximum absolute atomic E-state index is 11.1. The number of aliphatic carboxylic acids is 1. The third-order valence-electron chi connectivity index (χ3n) is 4.80. The average Bonchev–Trinajstić information content (AvgIpc) is 3.29. The van der Waals surface area contributed by atoms with Gasteiger partial charge in [-0.1, -0.05) is 6.42 Å². The fourth-order valence-corrected chi connectivity index (χ4v) is 4.72. The van der Waals surface area contributed by atoms with Gasteiger partial charge in [0.2, 0.25) is 0 Å². The third kappa shape index (κ3) is 13.8. The fourth-order valence-electron chi connectivity index (χ4n) is 3.18. The molecule has 11 heteroatoms. The second-order valence-electron chi connectivity index (χ2n) is 7.38. The molecule has 3 atom stereocenters. The molecule has 2 amide bonds. The van der Waals surface area contributed by atoms with Crippen molar-refractivity contribution in [3.8, 4) is 0 Å². The van der Waals surface area contributed by atoms with Gasteiger partial charge in [-0.25, -0.2) is 4.79 Å². The maximum atomic E-state index is 11.1. The van der Waals surface area contributed by atoms with Crippen molar-refractivity contribution in [2.24, 2.45) is 11.5 Å². The van der Waals surface area contributed by atoms with Gasteiger partial charge in [-0.2, -0.15) is 11.8 Å². The fraction of sp³-hybridized carbons (Fsp3) is 0.900. The number of thioether (sulfide) groups is 1. The molecule has 0 spiro atoms. The second kappa shape index (κ2) is 18.5. The first-order valence-corrected chi connectivity index (χ1v) is 12.2. The van der Waals surface area contributed by atoms with Crippen LogP contribution >= 0.6 is 11.8 Å². The average molecular weight is 465 g/mol. The van der Waals surface area contributed by atoms with Crippen LogP contribution in [0.2, 0.25) is 0 Å². The molecule has 2 aliphatic rings. The SMILES string of the molecule is NCCCOCCOCCOCCCN.O=C(O)CCCC[C@@H]1SC[C@@H]2NC(=O)N[C@@H]21. The lowest BCUT2D eigenvalue weighted by Gasteiger charge is -2.16. The molecular formula is C20H40N4O6S.